The summed E-state index contributed by atoms with van der Waals surface area (Å²) in [6.45, 7) is -0.653. The van der Waals surface area contributed by atoms with Crippen molar-refractivity contribution < 1.29 is 37.5 Å². The van der Waals surface area contributed by atoms with Gasteiger partial charge in [0.05, 0.1) is 24.7 Å². The largest absolute Gasteiger partial charge is 0.481 e. The zero-order valence-electron chi connectivity index (χ0n) is 18.5. The molecule has 0 aromatic heterocycles. The van der Waals surface area contributed by atoms with E-state index in [0.29, 0.717) is 5.56 Å². The van der Waals surface area contributed by atoms with Crippen LogP contribution < -0.4 is 27.4 Å². The molecule has 2 rings (SSSR count). The maximum atomic E-state index is 12.6. The van der Waals surface area contributed by atoms with Crippen LogP contribution in [-0.2, 0) is 14.4 Å². The van der Waals surface area contributed by atoms with E-state index >= 15 is 0 Å². The number of carbonyl (C=O) groups excluding carboxylic acids is 3. The predicted molar refractivity (Wildman–Crippen MR) is 129 cm³/mol. The number of nitrogens with two attached hydrogens (primary N) is 2. The summed E-state index contributed by atoms with van der Waals surface area (Å²) in [7, 11) is 0. The number of amides is 3. The van der Waals surface area contributed by atoms with Gasteiger partial charge >= 0.3 is 18.1 Å². The number of alkyl halides is 3. The normalized spacial score (nSPS) is 11.7. The van der Waals surface area contributed by atoms with Crippen molar-refractivity contribution in [2.75, 3.05) is 11.9 Å². The molecule has 0 spiro atoms. The number of anilines is 1. The highest BCUT2D eigenvalue weighted by atomic mass is 35.5. The van der Waals surface area contributed by atoms with Crippen molar-refractivity contribution >= 4 is 64.2 Å². The standard InChI is InChI=1S/C21H19Cl2F3N6O5/c22-11-1-9(2-12(23)5-11)15(7-17(34)35)32-16(33)8-29-18(36)10-3-13(30-19(37)21(24,25)26)6-14(4-10)31-20(27)28/h1-6,15H,7-8H2,(H,29,36)(H,30,37)(H,32,33)(H,34,35)(H4,27,28,31). The molecule has 8 N–H and O–H groups in total. The Bertz CT molecular complexity index is 1230. The van der Waals surface area contributed by atoms with Crippen LogP contribution in [0.5, 0.6) is 0 Å². The Kier molecular flexibility index (Phi) is 9.68. The van der Waals surface area contributed by atoms with Crippen LogP contribution in [0.4, 0.5) is 24.5 Å². The lowest BCUT2D eigenvalue weighted by atomic mass is 10.0. The van der Waals surface area contributed by atoms with Gasteiger partial charge in [0.25, 0.3) is 5.91 Å². The lowest BCUT2D eigenvalue weighted by molar-refractivity contribution is -0.167. The van der Waals surface area contributed by atoms with Gasteiger partial charge in [-0.05, 0) is 42.0 Å². The predicted octanol–water partition coefficient (Wildman–Crippen LogP) is 2.46. The summed E-state index contributed by atoms with van der Waals surface area (Å²) in [5, 5.41) is 15.8. The van der Waals surface area contributed by atoms with Gasteiger partial charge in [-0.25, -0.2) is 4.99 Å². The minimum absolute atomic E-state index is 0.158. The minimum atomic E-state index is -5.20. The number of hydrogen-bond acceptors (Lipinski definition) is 5. The fourth-order valence-corrected chi connectivity index (χ4v) is 3.48. The molecule has 198 valence electrons. The van der Waals surface area contributed by atoms with E-state index in [2.05, 4.69) is 15.6 Å². The Morgan fingerprint density at radius 3 is 2.16 bits per heavy atom. The number of rotatable bonds is 9. The summed E-state index contributed by atoms with van der Waals surface area (Å²) in [6, 6.07) is 6.17. The number of aliphatic carboxylic acids is 1. The lowest BCUT2D eigenvalue weighted by Crippen LogP contribution is -2.39. The summed E-state index contributed by atoms with van der Waals surface area (Å²) in [4.78, 5) is 51.2. The van der Waals surface area contributed by atoms with Crippen LogP contribution in [-0.4, -0.2) is 47.5 Å². The zero-order valence-corrected chi connectivity index (χ0v) is 20.0. The monoisotopic (exact) mass is 562 g/mol. The average Bonchev–Trinajstić information content (AvgIpc) is 2.74. The van der Waals surface area contributed by atoms with Crippen molar-refractivity contribution in [1.82, 2.24) is 10.6 Å². The zero-order chi connectivity index (χ0) is 27.9. The third-order valence-corrected chi connectivity index (χ3v) is 4.80. The van der Waals surface area contributed by atoms with Crippen LogP contribution in [0.3, 0.4) is 0 Å². The van der Waals surface area contributed by atoms with Crippen LogP contribution in [0, 0.1) is 0 Å². The molecule has 0 aliphatic rings. The number of hydrogen-bond donors (Lipinski definition) is 6. The Labute approximate surface area is 217 Å². The van der Waals surface area contributed by atoms with Gasteiger partial charge < -0.3 is 32.5 Å². The summed E-state index contributed by atoms with van der Waals surface area (Å²) in [5.74, 6) is -5.76. The van der Waals surface area contributed by atoms with Crippen molar-refractivity contribution in [3.63, 3.8) is 0 Å². The molecule has 2 aromatic carbocycles. The van der Waals surface area contributed by atoms with Crippen LogP contribution in [0.2, 0.25) is 10.0 Å². The number of nitrogens with zero attached hydrogens (tertiary/aromatic N) is 1. The molecule has 0 radical (unpaired) electrons. The Morgan fingerprint density at radius 2 is 1.62 bits per heavy atom. The maximum Gasteiger partial charge on any atom is 0.471 e. The van der Waals surface area contributed by atoms with Crippen molar-refractivity contribution in [3.8, 4) is 0 Å². The molecule has 37 heavy (non-hydrogen) atoms. The molecule has 0 heterocycles. The smallest absolute Gasteiger partial charge is 0.471 e. The number of carboxylic acid groups (broad SMARTS) is 1. The Morgan fingerprint density at radius 1 is 1.00 bits per heavy atom. The molecular weight excluding hydrogens is 544 g/mol. The van der Waals surface area contributed by atoms with E-state index in [1.54, 1.807) is 5.32 Å². The fourth-order valence-electron chi connectivity index (χ4n) is 2.94. The third-order valence-electron chi connectivity index (χ3n) is 4.36. The van der Waals surface area contributed by atoms with Crippen LogP contribution >= 0.6 is 23.2 Å². The summed E-state index contributed by atoms with van der Waals surface area (Å²) in [6.07, 6.45) is -5.73. The first-order chi connectivity index (χ1) is 17.1. The number of guanidine groups is 1. The molecule has 16 heteroatoms. The summed E-state index contributed by atoms with van der Waals surface area (Å²) in [5.41, 5.74) is 9.93. The first-order valence-electron chi connectivity index (χ1n) is 10.0. The van der Waals surface area contributed by atoms with Crippen molar-refractivity contribution in [1.29, 1.82) is 0 Å². The van der Waals surface area contributed by atoms with Gasteiger partial charge in [-0.15, -0.1) is 0 Å². The molecule has 3 amide bonds. The number of carbonyl (C=O) groups is 4. The van der Waals surface area contributed by atoms with E-state index in [0.717, 1.165) is 18.2 Å². The molecule has 0 saturated heterocycles. The number of nitrogens with one attached hydrogen (secondary N) is 3. The SMILES string of the molecule is NC(N)=Nc1cc(NC(=O)C(F)(F)F)cc(C(=O)NCC(=O)NC(CC(=O)O)c2cc(Cl)cc(Cl)c2)c1. The molecule has 1 atom stereocenters. The molecule has 1 unspecified atom stereocenters. The summed E-state index contributed by atoms with van der Waals surface area (Å²) >= 11 is 11.9. The molecule has 0 aliphatic heterocycles. The van der Waals surface area contributed by atoms with Gasteiger partial charge in [-0.2, -0.15) is 13.2 Å². The van der Waals surface area contributed by atoms with Gasteiger partial charge in [0.15, 0.2) is 5.96 Å². The second-order valence-electron chi connectivity index (χ2n) is 7.36. The Balaban J connectivity index is 2.18. The van der Waals surface area contributed by atoms with Gasteiger partial charge in [0.2, 0.25) is 5.91 Å². The van der Waals surface area contributed by atoms with E-state index < -0.39 is 60.5 Å². The number of halogens is 5. The summed E-state index contributed by atoms with van der Waals surface area (Å²) < 4.78 is 37.8. The molecule has 0 fully saturated rings. The van der Waals surface area contributed by atoms with E-state index in [4.69, 9.17) is 34.7 Å². The van der Waals surface area contributed by atoms with E-state index in [1.165, 1.54) is 18.2 Å². The molecular formula is C21H19Cl2F3N6O5. The van der Waals surface area contributed by atoms with Gasteiger partial charge in [-0.3, -0.25) is 19.2 Å². The quantitative estimate of drug-likeness (QED) is 0.200. The maximum absolute atomic E-state index is 12.6. The second kappa shape index (κ2) is 12.3. The molecule has 0 aliphatic carbocycles. The fraction of sp³-hybridized carbons (Fsp3) is 0.190. The second-order valence-corrected chi connectivity index (χ2v) is 8.23. The topological polar surface area (TPSA) is 189 Å². The third kappa shape index (κ3) is 9.50. The number of benzene rings is 2. The molecule has 11 nitrogen and oxygen atoms in total. The molecule has 0 saturated carbocycles. The minimum Gasteiger partial charge on any atom is -0.481 e. The highest BCUT2D eigenvalue weighted by molar-refractivity contribution is 6.34. The van der Waals surface area contributed by atoms with Crippen LogP contribution in [0.25, 0.3) is 0 Å². The lowest BCUT2D eigenvalue weighted by Gasteiger charge is -2.18. The molecule has 0 bridgehead atoms. The van der Waals surface area contributed by atoms with E-state index in [9.17, 15) is 37.5 Å². The first-order valence-corrected chi connectivity index (χ1v) is 10.8. The molecule has 2 aromatic rings. The highest BCUT2D eigenvalue weighted by Gasteiger charge is 2.38. The Hall–Kier alpha value is -4.04. The first kappa shape index (κ1) is 29.2. The van der Waals surface area contributed by atoms with Gasteiger partial charge in [0, 0.05) is 21.3 Å². The highest BCUT2D eigenvalue weighted by Crippen LogP contribution is 2.26. The van der Waals surface area contributed by atoms with Crippen molar-refractivity contribution in [2.45, 2.75) is 18.6 Å². The number of aliphatic imine (C=N–C) groups is 1. The van der Waals surface area contributed by atoms with E-state index in [1.807, 2.05) is 0 Å². The van der Waals surface area contributed by atoms with Crippen LogP contribution in [0.1, 0.15) is 28.4 Å². The average molecular weight is 563 g/mol. The van der Waals surface area contributed by atoms with Crippen LogP contribution in [0.15, 0.2) is 41.4 Å². The van der Waals surface area contributed by atoms with Crippen molar-refractivity contribution in [3.05, 3.63) is 57.6 Å². The van der Waals surface area contributed by atoms with Crippen molar-refractivity contribution in [2.24, 2.45) is 16.5 Å². The van der Waals surface area contributed by atoms with E-state index in [-0.39, 0.29) is 21.3 Å². The number of carboxylic acids is 1. The van der Waals surface area contributed by atoms with Gasteiger partial charge in [0.1, 0.15) is 0 Å². The van der Waals surface area contributed by atoms with Gasteiger partial charge in [-0.1, -0.05) is 23.2 Å².